The first kappa shape index (κ1) is 11.2. The summed E-state index contributed by atoms with van der Waals surface area (Å²) >= 11 is 0. The van der Waals surface area contributed by atoms with E-state index >= 15 is 0 Å². The second kappa shape index (κ2) is 6.60. The largest absolute Gasteiger partial charge is 0.501 e. The van der Waals surface area contributed by atoms with Crippen LogP contribution in [0.5, 0.6) is 0 Å². The van der Waals surface area contributed by atoms with Crippen molar-refractivity contribution in [1.82, 2.24) is 0 Å². The molecule has 0 saturated heterocycles. The highest BCUT2D eigenvalue weighted by Gasteiger charge is 1.95. The number of benzene rings is 1. The lowest BCUT2D eigenvalue weighted by Gasteiger charge is -1.96. The van der Waals surface area contributed by atoms with Crippen molar-refractivity contribution in [3.8, 4) is 0 Å². The topological polar surface area (TPSA) is 26.3 Å². The maximum atomic E-state index is 11.3. The zero-order chi connectivity index (χ0) is 10.9. The summed E-state index contributed by atoms with van der Waals surface area (Å²) in [6.07, 6.45) is 5.10. The molecule has 0 unspecified atom stereocenters. The van der Waals surface area contributed by atoms with Crippen LogP contribution in [0.1, 0.15) is 12.0 Å². The number of hydrogen-bond acceptors (Lipinski definition) is 2. The van der Waals surface area contributed by atoms with Crippen LogP contribution >= 0.6 is 0 Å². The predicted octanol–water partition coefficient (Wildman–Crippen LogP) is 2.82. The first-order valence-corrected chi connectivity index (χ1v) is 4.81. The number of allylic oxidation sites excluding steroid dienone is 1. The summed E-state index contributed by atoms with van der Waals surface area (Å²) in [5.74, 6) is 0.0562. The molecule has 0 radical (unpaired) electrons. The lowest BCUT2D eigenvalue weighted by Crippen LogP contribution is -1.97. The second-order valence-corrected chi connectivity index (χ2v) is 3.00. The number of carbonyl (C=O) groups is 1. The third kappa shape index (κ3) is 4.81. The summed E-state index contributed by atoms with van der Waals surface area (Å²) < 4.78 is 4.87. The van der Waals surface area contributed by atoms with E-state index in [0.717, 1.165) is 5.56 Å². The van der Waals surface area contributed by atoms with Gasteiger partial charge in [-0.05, 0) is 11.6 Å². The Morgan fingerprint density at radius 3 is 2.73 bits per heavy atom. The Morgan fingerprint density at radius 2 is 2.07 bits per heavy atom. The molecule has 0 atom stereocenters. The monoisotopic (exact) mass is 202 g/mol. The Hall–Kier alpha value is -1.83. The van der Waals surface area contributed by atoms with Crippen LogP contribution < -0.4 is 0 Å². The van der Waals surface area contributed by atoms with Crippen LogP contribution in [0.25, 0.3) is 6.08 Å². The van der Waals surface area contributed by atoms with E-state index in [4.69, 9.17) is 4.74 Å². The minimum Gasteiger partial charge on any atom is -0.501 e. The lowest BCUT2D eigenvalue weighted by atomic mass is 10.2. The SMILES string of the molecule is C=COCCC(=O)/C=C/c1ccccc1. The van der Waals surface area contributed by atoms with E-state index in [1.165, 1.54) is 6.26 Å². The molecule has 0 bridgehead atoms. The maximum Gasteiger partial charge on any atom is 0.159 e. The van der Waals surface area contributed by atoms with E-state index < -0.39 is 0 Å². The lowest BCUT2D eigenvalue weighted by molar-refractivity contribution is -0.115. The van der Waals surface area contributed by atoms with Crippen LogP contribution in [-0.4, -0.2) is 12.4 Å². The number of ether oxygens (including phenoxy) is 1. The number of ketones is 1. The third-order valence-electron chi connectivity index (χ3n) is 1.85. The normalized spacial score (nSPS) is 10.1. The molecule has 1 rings (SSSR count). The van der Waals surface area contributed by atoms with E-state index in [2.05, 4.69) is 6.58 Å². The van der Waals surface area contributed by atoms with Crippen molar-refractivity contribution in [2.24, 2.45) is 0 Å². The molecule has 0 heterocycles. The molecule has 1 aromatic rings. The van der Waals surface area contributed by atoms with Crippen LogP contribution in [0.3, 0.4) is 0 Å². The standard InChI is InChI=1S/C13H14O2/c1-2-15-11-10-13(14)9-8-12-6-4-3-5-7-12/h2-9H,1,10-11H2/b9-8+. The minimum absolute atomic E-state index is 0.0562. The summed E-state index contributed by atoms with van der Waals surface area (Å²) in [5, 5.41) is 0. The van der Waals surface area contributed by atoms with Gasteiger partial charge in [0.25, 0.3) is 0 Å². The van der Waals surface area contributed by atoms with Crippen LogP contribution in [0.4, 0.5) is 0 Å². The second-order valence-electron chi connectivity index (χ2n) is 3.00. The van der Waals surface area contributed by atoms with Crippen LogP contribution in [0.2, 0.25) is 0 Å². The van der Waals surface area contributed by atoms with Gasteiger partial charge in [-0.3, -0.25) is 4.79 Å². The Labute approximate surface area is 89.9 Å². The molecule has 2 heteroatoms. The van der Waals surface area contributed by atoms with Gasteiger partial charge in [-0.25, -0.2) is 0 Å². The van der Waals surface area contributed by atoms with Gasteiger partial charge in [-0.2, -0.15) is 0 Å². The molecule has 0 fully saturated rings. The summed E-state index contributed by atoms with van der Waals surface area (Å²) in [6.45, 7) is 3.79. The van der Waals surface area contributed by atoms with E-state index in [1.54, 1.807) is 12.2 Å². The third-order valence-corrected chi connectivity index (χ3v) is 1.85. The smallest absolute Gasteiger partial charge is 0.159 e. The molecule has 0 aliphatic heterocycles. The van der Waals surface area contributed by atoms with Crippen molar-refractivity contribution in [1.29, 1.82) is 0 Å². The Morgan fingerprint density at radius 1 is 1.33 bits per heavy atom. The molecule has 0 spiro atoms. The quantitative estimate of drug-likeness (QED) is 0.403. The zero-order valence-corrected chi connectivity index (χ0v) is 8.56. The molecule has 0 saturated carbocycles. The van der Waals surface area contributed by atoms with Gasteiger partial charge >= 0.3 is 0 Å². The zero-order valence-electron chi connectivity index (χ0n) is 8.56. The Kier molecular flexibility index (Phi) is 4.95. The number of hydrogen-bond donors (Lipinski definition) is 0. The molecule has 0 N–H and O–H groups in total. The van der Waals surface area contributed by atoms with Gasteiger partial charge in [0.05, 0.1) is 12.9 Å². The predicted molar refractivity (Wildman–Crippen MR) is 61.2 cm³/mol. The van der Waals surface area contributed by atoms with Crippen LogP contribution in [-0.2, 0) is 9.53 Å². The molecule has 0 aliphatic rings. The Bertz CT molecular complexity index is 339. The molecule has 0 aromatic heterocycles. The summed E-state index contributed by atoms with van der Waals surface area (Å²) in [4.78, 5) is 11.3. The molecule has 1 aromatic carbocycles. The van der Waals surface area contributed by atoms with Gasteiger partial charge in [0.15, 0.2) is 5.78 Å². The highest BCUT2D eigenvalue weighted by Crippen LogP contribution is 2.01. The summed E-state index contributed by atoms with van der Waals surface area (Å²) in [7, 11) is 0. The molecule has 78 valence electrons. The van der Waals surface area contributed by atoms with Gasteiger partial charge in [0, 0.05) is 6.42 Å². The van der Waals surface area contributed by atoms with Crippen molar-refractivity contribution in [3.63, 3.8) is 0 Å². The van der Waals surface area contributed by atoms with Crippen molar-refractivity contribution in [2.75, 3.05) is 6.61 Å². The van der Waals surface area contributed by atoms with Crippen LogP contribution in [0, 0.1) is 0 Å². The van der Waals surface area contributed by atoms with E-state index in [-0.39, 0.29) is 5.78 Å². The van der Waals surface area contributed by atoms with E-state index in [9.17, 15) is 4.79 Å². The van der Waals surface area contributed by atoms with Crippen LogP contribution in [0.15, 0.2) is 49.2 Å². The number of rotatable bonds is 6. The fourth-order valence-corrected chi connectivity index (χ4v) is 1.08. The van der Waals surface area contributed by atoms with Gasteiger partial charge in [-0.15, -0.1) is 0 Å². The fraction of sp³-hybridized carbons (Fsp3) is 0.154. The van der Waals surface area contributed by atoms with E-state index in [0.29, 0.717) is 13.0 Å². The average molecular weight is 202 g/mol. The molecule has 2 nitrogen and oxygen atoms in total. The van der Waals surface area contributed by atoms with Gasteiger partial charge in [0.1, 0.15) is 0 Å². The van der Waals surface area contributed by atoms with Crippen molar-refractivity contribution in [2.45, 2.75) is 6.42 Å². The van der Waals surface area contributed by atoms with Crippen molar-refractivity contribution < 1.29 is 9.53 Å². The average Bonchev–Trinajstić information content (AvgIpc) is 2.28. The fourth-order valence-electron chi connectivity index (χ4n) is 1.08. The van der Waals surface area contributed by atoms with Gasteiger partial charge in [-0.1, -0.05) is 43.0 Å². The molecule has 15 heavy (non-hydrogen) atoms. The first-order chi connectivity index (χ1) is 7.33. The Balaban J connectivity index is 2.37. The molecule has 0 aliphatic carbocycles. The van der Waals surface area contributed by atoms with Gasteiger partial charge in [0.2, 0.25) is 0 Å². The van der Waals surface area contributed by atoms with Gasteiger partial charge < -0.3 is 4.74 Å². The molecular formula is C13H14O2. The molecular weight excluding hydrogens is 188 g/mol. The summed E-state index contributed by atoms with van der Waals surface area (Å²) in [6, 6.07) is 9.71. The summed E-state index contributed by atoms with van der Waals surface area (Å²) in [5.41, 5.74) is 1.02. The van der Waals surface area contributed by atoms with E-state index in [1.807, 2.05) is 30.3 Å². The maximum absolute atomic E-state index is 11.3. The minimum atomic E-state index is 0.0562. The van der Waals surface area contributed by atoms with Crippen molar-refractivity contribution in [3.05, 3.63) is 54.8 Å². The molecule has 0 amide bonds. The highest BCUT2D eigenvalue weighted by atomic mass is 16.5. The first-order valence-electron chi connectivity index (χ1n) is 4.81. The number of carbonyl (C=O) groups excluding carboxylic acids is 1. The van der Waals surface area contributed by atoms with Crippen molar-refractivity contribution >= 4 is 11.9 Å². The highest BCUT2D eigenvalue weighted by molar-refractivity contribution is 5.93.